The molecular weight excluding hydrogens is 348 g/mol. The molecular formula is C18H20N6O3. The van der Waals surface area contributed by atoms with E-state index in [0.29, 0.717) is 5.69 Å². The number of nitriles is 1. The second kappa shape index (κ2) is 7.86. The normalized spacial score (nSPS) is 14.3. The van der Waals surface area contributed by atoms with Gasteiger partial charge >= 0.3 is 0 Å². The molecule has 0 unspecified atom stereocenters. The predicted octanol–water partition coefficient (Wildman–Crippen LogP) is 2.83. The molecule has 1 N–H and O–H groups in total. The van der Waals surface area contributed by atoms with Crippen LogP contribution in [-0.4, -0.2) is 33.7 Å². The minimum Gasteiger partial charge on any atom is -0.366 e. The highest BCUT2D eigenvalue weighted by atomic mass is 16.6. The lowest BCUT2D eigenvalue weighted by atomic mass is 10.1. The van der Waals surface area contributed by atoms with Crippen LogP contribution in [0.1, 0.15) is 41.6 Å². The molecule has 1 aliphatic rings. The molecule has 1 saturated heterocycles. The Morgan fingerprint density at radius 3 is 2.63 bits per heavy atom. The molecule has 27 heavy (non-hydrogen) atoms. The lowest BCUT2D eigenvalue weighted by Gasteiger charge is -2.22. The highest BCUT2D eigenvalue weighted by Crippen LogP contribution is 2.31. The molecule has 0 bridgehead atoms. The van der Waals surface area contributed by atoms with Crippen LogP contribution < -0.4 is 10.2 Å². The summed E-state index contributed by atoms with van der Waals surface area (Å²) >= 11 is 0. The number of nitrogens with one attached hydrogen (secondary N) is 1. The summed E-state index contributed by atoms with van der Waals surface area (Å²) in [4.78, 5) is 25.7. The number of anilines is 2. The Hall–Kier alpha value is -3.41. The van der Waals surface area contributed by atoms with Gasteiger partial charge in [-0.3, -0.25) is 19.6 Å². The maximum Gasteiger partial charge on any atom is 0.293 e. The molecule has 1 fully saturated rings. The summed E-state index contributed by atoms with van der Waals surface area (Å²) in [6.45, 7) is 1.54. The van der Waals surface area contributed by atoms with Gasteiger partial charge in [0.15, 0.2) is 0 Å². The molecule has 2 heterocycles. The van der Waals surface area contributed by atoms with Crippen LogP contribution >= 0.6 is 0 Å². The average molecular weight is 368 g/mol. The van der Waals surface area contributed by atoms with E-state index in [1.165, 1.54) is 16.9 Å². The van der Waals surface area contributed by atoms with E-state index in [9.17, 15) is 14.9 Å². The molecule has 0 aliphatic carbocycles. The van der Waals surface area contributed by atoms with Crippen LogP contribution in [0.4, 0.5) is 17.2 Å². The van der Waals surface area contributed by atoms with Crippen LogP contribution in [0.5, 0.6) is 0 Å². The summed E-state index contributed by atoms with van der Waals surface area (Å²) in [7, 11) is 1.60. The lowest BCUT2D eigenvalue weighted by Crippen LogP contribution is -2.25. The molecule has 2 aromatic rings. The number of aryl methyl sites for hydroxylation is 1. The number of carbonyl (C=O) groups is 1. The Labute approximate surface area is 156 Å². The van der Waals surface area contributed by atoms with Gasteiger partial charge in [-0.25, -0.2) is 0 Å². The third-order valence-electron chi connectivity index (χ3n) is 4.67. The van der Waals surface area contributed by atoms with Gasteiger partial charge in [-0.2, -0.15) is 10.4 Å². The van der Waals surface area contributed by atoms with E-state index in [1.54, 1.807) is 19.2 Å². The predicted molar refractivity (Wildman–Crippen MR) is 99.7 cm³/mol. The largest absolute Gasteiger partial charge is 0.366 e. The molecule has 1 aliphatic heterocycles. The summed E-state index contributed by atoms with van der Waals surface area (Å²) in [6.07, 6.45) is 5.58. The number of benzene rings is 1. The van der Waals surface area contributed by atoms with E-state index >= 15 is 0 Å². The number of hydrogen-bond donors (Lipinski definition) is 1. The van der Waals surface area contributed by atoms with Crippen molar-refractivity contribution in [3.8, 4) is 6.07 Å². The van der Waals surface area contributed by atoms with Crippen molar-refractivity contribution in [1.82, 2.24) is 9.78 Å². The van der Waals surface area contributed by atoms with Crippen molar-refractivity contribution < 1.29 is 9.72 Å². The molecule has 1 amide bonds. The van der Waals surface area contributed by atoms with E-state index < -0.39 is 10.8 Å². The second-order valence-electron chi connectivity index (χ2n) is 6.46. The summed E-state index contributed by atoms with van der Waals surface area (Å²) in [5.74, 6) is -0.276. The third-order valence-corrected chi connectivity index (χ3v) is 4.67. The van der Waals surface area contributed by atoms with E-state index in [2.05, 4.69) is 10.4 Å². The van der Waals surface area contributed by atoms with E-state index in [-0.39, 0.29) is 22.6 Å². The van der Waals surface area contributed by atoms with Crippen molar-refractivity contribution in [2.75, 3.05) is 23.3 Å². The van der Waals surface area contributed by atoms with Gasteiger partial charge in [0.05, 0.1) is 11.1 Å². The first-order chi connectivity index (χ1) is 13.0. The molecule has 9 heteroatoms. The summed E-state index contributed by atoms with van der Waals surface area (Å²) in [6, 6.07) is 6.44. The Morgan fingerprint density at radius 1 is 1.30 bits per heavy atom. The second-order valence-corrected chi connectivity index (χ2v) is 6.46. The molecule has 0 saturated carbocycles. The van der Waals surface area contributed by atoms with Gasteiger partial charge in [-0.15, -0.1) is 0 Å². The van der Waals surface area contributed by atoms with Crippen LogP contribution in [-0.2, 0) is 7.05 Å². The summed E-state index contributed by atoms with van der Waals surface area (Å²) in [5.41, 5.74) is 0.832. The Kier molecular flexibility index (Phi) is 5.35. The van der Waals surface area contributed by atoms with E-state index in [1.807, 2.05) is 11.0 Å². The minimum absolute atomic E-state index is 0.0879. The summed E-state index contributed by atoms with van der Waals surface area (Å²) in [5, 5.41) is 27.2. The topological polar surface area (TPSA) is 117 Å². The number of hydrogen-bond acceptors (Lipinski definition) is 6. The van der Waals surface area contributed by atoms with Gasteiger partial charge in [0.2, 0.25) is 0 Å². The van der Waals surface area contributed by atoms with Crippen LogP contribution in [0.3, 0.4) is 0 Å². The molecule has 0 spiro atoms. The maximum atomic E-state index is 12.6. The number of amides is 1. The van der Waals surface area contributed by atoms with Gasteiger partial charge in [-0.05, 0) is 25.0 Å². The minimum atomic E-state index is -0.527. The van der Waals surface area contributed by atoms with Crippen LogP contribution in [0.15, 0.2) is 24.4 Å². The van der Waals surface area contributed by atoms with Crippen LogP contribution in [0.2, 0.25) is 0 Å². The monoisotopic (exact) mass is 368 g/mol. The maximum absolute atomic E-state index is 12.6. The zero-order valence-electron chi connectivity index (χ0n) is 15.0. The number of aromatic nitrogens is 2. The van der Waals surface area contributed by atoms with Crippen LogP contribution in [0, 0.1) is 21.4 Å². The average Bonchev–Trinajstić information content (AvgIpc) is 2.87. The fourth-order valence-electron chi connectivity index (χ4n) is 3.24. The highest BCUT2D eigenvalue weighted by molar-refractivity contribution is 6.05. The first-order valence-corrected chi connectivity index (χ1v) is 8.78. The van der Waals surface area contributed by atoms with E-state index in [0.717, 1.165) is 38.8 Å². The molecule has 0 radical (unpaired) electrons. The van der Waals surface area contributed by atoms with Gasteiger partial charge in [0, 0.05) is 31.8 Å². The SMILES string of the molecule is Cn1ncc(C#N)c1NC(=O)c1ccc(N2CCCCCC2)c([N+](=O)[O-])c1. The number of carbonyl (C=O) groups excluding carboxylic acids is 1. The fraction of sp³-hybridized carbons (Fsp3) is 0.389. The Bertz CT molecular complexity index is 906. The number of nitro benzene ring substituents is 1. The first-order valence-electron chi connectivity index (χ1n) is 8.78. The molecule has 1 aromatic carbocycles. The van der Waals surface area contributed by atoms with Gasteiger partial charge in [0.1, 0.15) is 23.1 Å². The zero-order chi connectivity index (χ0) is 19.4. The molecule has 0 atom stereocenters. The molecule has 1 aromatic heterocycles. The quantitative estimate of drug-likeness (QED) is 0.655. The third kappa shape index (κ3) is 3.89. The number of rotatable bonds is 4. The van der Waals surface area contributed by atoms with Crippen LogP contribution in [0.25, 0.3) is 0 Å². The van der Waals surface area contributed by atoms with E-state index in [4.69, 9.17) is 5.26 Å². The number of nitrogens with zero attached hydrogens (tertiary/aromatic N) is 5. The molecule has 3 rings (SSSR count). The van der Waals surface area contributed by atoms with Gasteiger partial charge in [-0.1, -0.05) is 12.8 Å². The first kappa shape index (κ1) is 18.4. The number of nitro groups is 1. The van der Waals surface area contributed by atoms with Crippen molar-refractivity contribution >= 4 is 23.1 Å². The molecule has 9 nitrogen and oxygen atoms in total. The van der Waals surface area contributed by atoms with Gasteiger partial charge < -0.3 is 10.2 Å². The Balaban J connectivity index is 1.89. The standard InChI is InChI=1S/C18H20N6O3/c1-22-17(14(11-19)12-20-22)21-18(25)13-6-7-15(16(10-13)24(26)27)23-8-4-2-3-5-9-23/h6-7,10,12H,2-5,8-9H2,1H3,(H,21,25). The smallest absolute Gasteiger partial charge is 0.293 e. The highest BCUT2D eigenvalue weighted by Gasteiger charge is 2.23. The van der Waals surface area contributed by atoms with Crippen molar-refractivity contribution in [2.24, 2.45) is 7.05 Å². The molecule has 140 valence electrons. The van der Waals surface area contributed by atoms with Crippen molar-refractivity contribution in [3.05, 3.63) is 45.6 Å². The summed E-state index contributed by atoms with van der Waals surface area (Å²) < 4.78 is 1.37. The zero-order valence-corrected chi connectivity index (χ0v) is 15.0. The Morgan fingerprint density at radius 2 is 2.00 bits per heavy atom. The lowest BCUT2D eigenvalue weighted by molar-refractivity contribution is -0.384. The van der Waals surface area contributed by atoms with Crippen molar-refractivity contribution in [2.45, 2.75) is 25.7 Å². The fourth-order valence-corrected chi connectivity index (χ4v) is 3.24. The van der Waals surface area contributed by atoms with Crippen molar-refractivity contribution in [1.29, 1.82) is 5.26 Å². The van der Waals surface area contributed by atoms with Gasteiger partial charge in [0.25, 0.3) is 11.6 Å². The van der Waals surface area contributed by atoms with Crippen molar-refractivity contribution in [3.63, 3.8) is 0 Å².